The van der Waals surface area contributed by atoms with E-state index >= 15 is 0 Å². The Hall–Kier alpha value is -1.51. The van der Waals surface area contributed by atoms with Crippen LogP contribution in [0.25, 0.3) is 0 Å². The van der Waals surface area contributed by atoms with Crippen LogP contribution in [0.15, 0.2) is 41.5 Å². The van der Waals surface area contributed by atoms with Crippen LogP contribution in [-0.4, -0.2) is 0 Å². The van der Waals surface area contributed by atoms with E-state index in [0.29, 0.717) is 12.3 Å². The van der Waals surface area contributed by atoms with Crippen molar-refractivity contribution in [3.8, 4) is 0 Å². The number of hydrogen-bond donors (Lipinski definition) is 0. The molecule has 3 heteroatoms. The van der Waals surface area contributed by atoms with Crippen LogP contribution in [0.4, 0.5) is 13.2 Å². The van der Waals surface area contributed by atoms with Gasteiger partial charge in [0.25, 0.3) is 0 Å². The van der Waals surface area contributed by atoms with Gasteiger partial charge in [0.2, 0.25) is 0 Å². The number of aryl methyl sites for hydroxylation is 2. The van der Waals surface area contributed by atoms with Gasteiger partial charge in [-0.2, -0.15) is 0 Å². The molecule has 1 aromatic carbocycles. The summed E-state index contributed by atoms with van der Waals surface area (Å²) in [7, 11) is 0. The largest absolute Gasteiger partial charge is 0.212 e. The highest BCUT2D eigenvalue weighted by molar-refractivity contribution is 5.32. The van der Waals surface area contributed by atoms with Gasteiger partial charge in [-0.1, -0.05) is 25.1 Å². The number of rotatable bonds is 6. The van der Waals surface area contributed by atoms with Gasteiger partial charge in [0.05, 0.1) is 0 Å². The zero-order chi connectivity index (χ0) is 17.0. The van der Waals surface area contributed by atoms with Crippen LogP contribution >= 0.6 is 0 Å². The van der Waals surface area contributed by atoms with E-state index in [9.17, 15) is 13.2 Å². The Bertz CT molecular complexity index is 609. The second-order valence-electron chi connectivity index (χ2n) is 6.35. The van der Waals surface area contributed by atoms with Crippen molar-refractivity contribution in [3.05, 3.63) is 58.4 Å². The van der Waals surface area contributed by atoms with E-state index < -0.39 is 11.7 Å². The molecule has 23 heavy (non-hydrogen) atoms. The number of hydrogen-bond acceptors (Lipinski definition) is 0. The van der Waals surface area contributed by atoms with Crippen molar-refractivity contribution < 1.29 is 13.2 Å². The third kappa shape index (κ3) is 4.07. The minimum absolute atomic E-state index is 0.0257. The van der Waals surface area contributed by atoms with Crippen molar-refractivity contribution in [2.75, 3.05) is 0 Å². The van der Waals surface area contributed by atoms with Crippen molar-refractivity contribution in [1.82, 2.24) is 0 Å². The molecule has 0 N–H and O–H groups in total. The molecule has 2 rings (SSSR count). The highest BCUT2D eigenvalue weighted by Gasteiger charge is 2.36. The minimum Gasteiger partial charge on any atom is -0.212 e. The molecule has 1 aliphatic carbocycles. The number of benzene rings is 1. The Morgan fingerprint density at radius 1 is 1.26 bits per heavy atom. The van der Waals surface area contributed by atoms with Gasteiger partial charge >= 0.3 is 0 Å². The third-order valence-electron chi connectivity index (χ3n) is 4.97. The predicted octanol–water partition coefficient (Wildman–Crippen LogP) is 6.46. The highest BCUT2D eigenvalue weighted by atomic mass is 19.1. The molecule has 126 valence electrons. The molecule has 0 spiro atoms. The Labute approximate surface area is 137 Å². The molecule has 0 saturated heterocycles. The second-order valence-corrected chi connectivity index (χ2v) is 6.35. The Morgan fingerprint density at radius 2 is 2.00 bits per heavy atom. The predicted molar refractivity (Wildman–Crippen MR) is 89.0 cm³/mol. The van der Waals surface area contributed by atoms with Crippen molar-refractivity contribution in [1.29, 1.82) is 0 Å². The molecule has 0 nitrogen and oxygen atoms in total. The molecule has 2 unspecified atom stereocenters. The number of halogens is 3. The van der Waals surface area contributed by atoms with Crippen molar-refractivity contribution in [2.45, 2.75) is 52.9 Å². The van der Waals surface area contributed by atoms with Gasteiger partial charge in [0.1, 0.15) is 17.5 Å². The average Bonchev–Trinajstić information content (AvgIpc) is 2.51. The zero-order valence-corrected chi connectivity index (χ0v) is 14.1. The summed E-state index contributed by atoms with van der Waals surface area (Å²) in [5.41, 5.74) is 2.08. The normalized spacial score (nSPS) is 22.6. The molecule has 1 aliphatic rings. The summed E-state index contributed by atoms with van der Waals surface area (Å²) in [6.07, 6.45) is 5.55. The lowest BCUT2D eigenvalue weighted by Gasteiger charge is -2.38. The summed E-state index contributed by atoms with van der Waals surface area (Å²) < 4.78 is 41.2. The van der Waals surface area contributed by atoms with Gasteiger partial charge in [-0.15, -0.1) is 0 Å². The molecule has 0 aromatic heterocycles. The molecule has 1 saturated carbocycles. The quantitative estimate of drug-likeness (QED) is 0.527. The van der Waals surface area contributed by atoms with Crippen molar-refractivity contribution in [3.63, 3.8) is 0 Å². The summed E-state index contributed by atoms with van der Waals surface area (Å²) in [5.74, 6) is -0.731. The lowest BCUT2D eigenvalue weighted by molar-refractivity contribution is 0.194. The summed E-state index contributed by atoms with van der Waals surface area (Å²) in [5, 5.41) is 0. The second kappa shape index (κ2) is 7.85. The molecule has 2 atom stereocenters. The molecular formula is C20H25F3. The maximum atomic E-state index is 13.9. The highest BCUT2D eigenvalue weighted by Crippen LogP contribution is 2.46. The monoisotopic (exact) mass is 322 g/mol. The van der Waals surface area contributed by atoms with E-state index in [1.165, 1.54) is 19.1 Å². The lowest BCUT2D eigenvalue weighted by atomic mass is 9.67. The lowest BCUT2D eigenvalue weighted by Crippen LogP contribution is -2.29. The Balaban J connectivity index is 2.03. The standard InChI is InChI=1S/C20H25F3/c1-4-15-12-14(7-11-19(15)23)6-8-16-9-10-17(16)20(13(3)21)18(22)5-2/h5,7,11-12,16-17H,4,6,8-10H2,1-3H3. The van der Waals surface area contributed by atoms with E-state index in [1.54, 1.807) is 6.92 Å². The fraction of sp³-hybridized carbons (Fsp3) is 0.500. The topological polar surface area (TPSA) is 0 Å². The molecule has 1 fully saturated rings. The van der Waals surface area contributed by atoms with Crippen molar-refractivity contribution in [2.24, 2.45) is 11.8 Å². The van der Waals surface area contributed by atoms with Crippen LogP contribution < -0.4 is 0 Å². The fourth-order valence-corrected chi connectivity index (χ4v) is 3.45. The molecule has 0 bridgehead atoms. The summed E-state index contributed by atoms with van der Waals surface area (Å²) in [6, 6.07) is 5.24. The first-order valence-electron chi connectivity index (χ1n) is 8.43. The van der Waals surface area contributed by atoms with Crippen LogP contribution in [0.1, 0.15) is 51.2 Å². The van der Waals surface area contributed by atoms with Gasteiger partial charge in [-0.25, -0.2) is 13.2 Å². The molecule has 0 radical (unpaired) electrons. The van der Waals surface area contributed by atoms with E-state index in [2.05, 4.69) is 0 Å². The first kappa shape index (κ1) is 17.8. The Morgan fingerprint density at radius 3 is 2.52 bits per heavy atom. The van der Waals surface area contributed by atoms with E-state index in [4.69, 9.17) is 0 Å². The van der Waals surface area contributed by atoms with Gasteiger partial charge in [0, 0.05) is 5.57 Å². The average molecular weight is 322 g/mol. The van der Waals surface area contributed by atoms with Crippen LogP contribution in [-0.2, 0) is 12.8 Å². The maximum absolute atomic E-state index is 13.9. The summed E-state index contributed by atoms with van der Waals surface area (Å²) in [4.78, 5) is 0. The van der Waals surface area contributed by atoms with Crippen molar-refractivity contribution >= 4 is 0 Å². The van der Waals surface area contributed by atoms with Gasteiger partial charge < -0.3 is 0 Å². The van der Waals surface area contributed by atoms with Crippen LogP contribution in [0.3, 0.4) is 0 Å². The van der Waals surface area contributed by atoms with Crippen LogP contribution in [0, 0.1) is 17.7 Å². The van der Waals surface area contributed by atoms with Crippen LogP contribution in [0.2, 0.25) is 0 Å². The maximum Gasteiger partial charge on any atom is 0.126 e. The minimum atomic E-state index is -0.435. The van der Waals surface area contributed by atoms with Gasteiger partial charge in [-0.05, 0) is 75.0 Å². The first-order valence-corrected chi connectivity index (χ1v) is 8.43. The fourth-order valence-electron chi connectivity index (χ4n) is 3.45. The van der Waals surface area contributed by atoms with E-state index in [-0.39, 0.29) is 17.3 Å². The molecule has 0 amide bonds. The Kier molecular flexibility index (Phi) is 6.09. The first-order chi connectivity index (χ1) is 11.0. The molecule has 0 aliphatic heterocycles. The van der Waals surface area contributed by atoms with E-state index in [0.717, 1.165) is 36.8 Å². The zero-order valence-electron chi connectivity index (χ0n) is 14.1. The van der Waals surface area contributed by atoms with Gasteiger partial charge in [-0.3, -0.25) is 0 Å². The van der Waals surface area contributed by atoms with E-state index in [1.807, 2.05) is 19.1 Å². The van der Waals surface area contributed by atoms with Gasteiger partial charge in [0.15, 0.2) is 0 Å². The summed E-state index contributed by atoms with van der Waals surface area (Å²) >= 11 is 0. The molecular weight excluding hydrogens is 297 g/mol. The summed E-state index contributed by atoms with van der Waals surface area (Å²) in [6.45, 7) is 4.86. The SMILES string of the molecule is CC=C(F)C(=C(C)F)C1CCC1CCc1ccc(F)c(CC)c1. The molecule has 1 aromatic rings. The number of allylic oxidation sites excluding steroid dienone is 4. The molecule has 0 heterocycles. The van der Waals surface area contributed by atoms with Crippen LogP contribution in [0.5, 0.6) is 0 Å². The third-order valence-corrected chi connectivity index (χ3v) is 4.97. The smallest absolute Gasteiger partial charge is 0.126 e.